The molecular formula is C14H26FP. The lowest BCUT2D eigenvalue weighted by molar-refractivity contribution is 0.0697. The average molecular weight is 244 g/mol. The summed E-state index contributed by atoms with van der Waals surface area (Å²) in [6.45, 7) is 4.54. The van der Waals surface area contributed by atoms with Gasteiger partial charge in [0.15, 0.2) is 0 Å². The van der Waals surface area contributed by atoms with E-state index < -0.39 is 6.17 Å². The van der Waals surface area contributed by atoms with Crippen LogP contribution in [0, 0.1) is 23.7 Å². The second kappa shape index (κ2) is 5.34. The second-order valence-electron chi connectivity index (χ2n) is 6.26. The number of alkyl halides is 1. The molecule has 2 rings (SSSR count). The molecule has 94 valence electrons. The van der Waals surface area contributed by atoms with Crippen LogP contribution in [0.5, 0.6) is 0 Å². The zero-order valence-electron chi connectivity index (χ0n) is 10.7. The first-order valence-corrected chi connectivity index (χ1v) is 7.66. The number of hydrogen-bond donors (Lipinski definition) is 0. The van der Waals surface area contributed by atoms with Crippen molar-refractivity contribution >= 4 is 9.24 Å². The van der Waals surface area contributed by atoms with E-state index in [2.05, 4.69) is 23.1 Å². The smallest absolute Gasteiger partial charge is 0.110 e. The zero-order chi connectivity index (χ0) is 11.7. The van der Waals surface area contributed by atoms with E-state index in [1.165, 1.54) is 32.1 Å². The summed E-state index contributed by atoms with van der Waals surface area (Å²) >= 11 is 0. The SMILES string of the molecule is CC1CCC(C2CCC(C)C(P)C2F)CC1. The topological polar surface area (TPSA) is 0 Å². The summed E-state index contributed by atoms with van der Waals surface area (Å²) < 4.78 is 14.4. The van der Waals surface area contributed by atoms with Crippen molar-refractivity contribution < 1.29 is 4.39 Å². The van der Waals surface area contributed by atoms with Gasteiger partial charge in [-0.2, -0.15) is 0 Å². The minimum absolute atomic E-state index is 0.207. The monoisotopic (exact) mass is 244 g/mol. The predicted octanol–water partition coefficient (Wildman–Crippen LogP) is 4.44. The van der Waals surface area contributed by atoms with Crippen LogP contribution in [-0.2, 0) is 0 Å². The van der Waals surface area contributed by atoms with E-state index in [0.29, 0.717) is 17.8 Å². The van der Waals surface area contributed by atoms with Crippen molar-refractivity contribution in [3.63, 3.8) is 0 Å². The van der Waals surface area contributed by atoms with Crippen LogP contribution < -0.4 is 0 Å². The lowest BCUT2D eigenvalue weighted by Crippen LogP contribution is -2.40. The Bertz CT molecular complexity index is 223. The van der Waals surface area contributed by atoms with E-state index in [1.807, 2.05) is 0 Å². The Morgan fingerprint density at radius 1 is 0.938 bits per heavy atom. The van der Waals surface area contributed by atoms with E-state index in [1.54, 1.807) is 0 Å². The molecule has 0 aliphatic heterocycles. The fourth-order valence-corrected chi connectivity index (χ4v) is 4.09. The summed E-state index contributed by atoms with van der Waals surface area (Å²) in [4.78, 5) is 0. The number of rotatable bonds is 1. The van der Waals surface area contributed by atoms with Crippen LogP contribution >= 0.6 is 9.24 Å². The van der Waals surface area contributed by atoms with Crippen molar-refractivity contribution in [3.8, 4) is 0 Å². The first kappa shape index (κ1) is 12.8. The number of halogens is 1. The van der Waals surface area contributed by atoms with Gasteiger partial charge < -0.3 is 0 Å². The van der Waals surface area contributed by atoms with Crippen molar-refractivity contribution in [2.45, 2.75) is 64.2 Å². The quantitative estimate of drug-likeness (QED) is 0.598. The fraction of sp³-hybridized carbons (Fsp3) is 1.00. The first-order valence-electron chi connectivity index (χ1n) is 6.99. The Kier molecular flexibility index (Phi) is 4.27. The van der Waals surface area contributed by atoms with E-state index >= 15 is 0 Å². The van der Waals surface area contributed by atoms with Crippen molar-refractivity contribution in [2.75, 3.05) is 0 Å². The molecule has 2 fully saturated rings. The maximum Gasteiger partial charge on any atom is 0.110 e. The lowest BCUT2D eigenvalue weighted by atomic mass is 9.68. The Balaban J connectivity index is 1.94. The molecule has 5 atom stereocenters. The standard InChI is InChI=1S/C14H26FP/c1-9-3-6-11(7-4-9)12-8-5-10(2)14(16)13(12)15/h9-14H,3-8,16H2,1-2H3. The van der Waals surface area contributed by atoms with Crippen LogP contribution in [-0.4, -0.2) is 11.8 Å². The minimum Gasteiger partial charge on any atom is -0.246 e. The van der Waals surface area contributed by atoms with Crippen LogP contribution in [0.2, 0.25) is 0 Å². The molecule has 2 heteroatoms. The minimum atomic E-state index is -0.563. The van der Waals surface area contributed by atoms with Crippen LogP contribution in [0.25, 0.3) is 0 Å². The normalized spacial score (nSPS) is 50.2. The fourth-order valence-electron chi connectivity index (χ4n) is 3.62. The van der Waals surface area contributed by atoms with Crippen LogP contribution in [0.1, 0.15) is 52.4 Å². The molecule has 0 radical (unpaired) electrons. The second-order valence-corrected chi connectivity index (χ2v) is 7.03. The van der Waals surface area contributed by atoms with E-state index in [4.69, 9.17) is 0 Å². The van der Waals surface area contributed by atoms with Crippen LogP contribution in [0.3, 0.4) is 0 Å². The summed E-state index contributed by atoms with van der Waals surface area (Å²) in [5.41, 5.74) is 0.207. The molecule has 2 aliphatic rings. The van der Waals surface area contributed by atoms with Gasteiger partial charge in [-0.05, 0) is 49.4 Å². The van der Waals surface area contributed by atoms with Gasteiger partial charge in [-0.15, -0.1) is 9.24 Å². The molecule has 0 heterocycles. The Morgan fingerprint density at radius 2 is 1.56 bits per heavy atom. The molecule has 0 spiro atoms. The van der Waals surface area contributed by atoms with Crippen molar-refractivity contribution in [2.24, 2.45) is 23.7 Å². The van der Waals surface area contributed by atoms with Gasteiger partial charge in [0, 0.05) is 5.66 Å². The largest absolute Gasteiger partial charge is 0.246 e. The highest BCUT2D eigenvalue weighted by molar-refractivity contribution is 7.17. The summed E-state index contributed by atoms with van der Waals surface area (Å²) in [6, 6.07) is 0. The van der Waals surface area contributed by atoms with Gasteiger partial charge in [0.25, 0.3) is 0 Å². The highest BCUT2D eigenvalue weighted by Crippen LogP contribution is 2.44. The Morgan fingerprint density at radius 3 is 2.19 bits per heavy atom. The maximum absolute atomic E-state index is 14.4. The van der Waals surface area contributed by atoms with E-state index in [-0.39, 0.29) is 5.66 Å². The zero-order valence-corrected chi connectivity index (χ0v) is 11.8. The molecule has 0 saturated heterocycles. The van der Waals surface area contributed by atoms with E-state index in [9.17, 15) is 4.39 Å². The van der Waals surface area contributed by atoms with Crippen LogP contribution in [0.15, 0.2) is 0 Å². The lowest BCUT2D eigenvalue weighted by Gasteiger charge is -2.41. The molecule has 0 nitrogen and oxygen atoms in total. The molecule has 0 aromatic carbocycles. The molecule has 2 aliphatic carbocycles. The van der Waals surface area contributed by atoms with Gasteiger partial charge in [-0.3, -0.25) is 0 Å². The van der Waals surface area contributed by atoms with Gasteiger partial charge in [0.1, 0.15) is 6.17 Å². The van der Waals surface area contributed by atoms with E-state index in [0.717, 1.165) is 12.3 Å². The molecule has 16 heavy (non-hydrogen) atoms. The third-order valence-electron chi connectivity index (χ3n) is 5.06. The molecule has 0 bridgehead atoms. The van der Waals surface area contributed by atoms with Crippen LogP contribution in [0.4, 0.5) is 4.39 Å². The number of hydrogen-bond acceptors (Lipinski definition) is 0. The van der Waals surface area contributed by atoms with Crippen molar-refractivity contribution in [1.29, 1.82) is 0 Å². The van der Waals surface area contributed by atoms with Gasteiger partial charge in [0.2, 0.25) is 0 Å². The molecule has 2 saturated carbocycles. The molecule has 0 aromatic rings. The summed E-state index contributed by atoms with van der Waals surface area (Å²) in [7, 11) is 2.76. The Labute approximate surface area is 102 Å². The third-order valence-corrected chi connectivity index (χ3v) is 6.08. The average Bonchev–Trinajstić information content (AvgIpc) is 2.28. The molecule has 0 aromatic heterocycles. The predicted molar refractivity (Wildman–Crippen MR) is 71.4 cm³/mol. The summed E-state index contributed by atoms with van der Waals surface area (Å²) in [6.07, 6.45) is 7.00. The Hall–Kier alpha value is 0.360. The highest BCUT2D eigenvalue weighted by atomic mass is 31.0. The third kappa shape index (κ3) is 2.61. The van der Waals surface area contributed by atoms with Crippen molar-refractivity contribution in [3.05, 3.63) is 0 Å². The van der Waals surface area contributed by atoms with Gasteiger partial charge in [-0.1, -0.05) is 26.7 Å². The molecular weight excluding hydrogens is 218 g/mol. The molecule has 5 unspecified atom stereocenters. The summed E-state index contributed by atoms with van der Waals surface area (Å²) in [5, 5.41) is 0. The molecule has 0 N–H and O–H groups in total. The van der Waals surface area contributed by atoms with Gasteiger partial charge in [0.05, 0.1) is 0 Å². The maximum atomic E-state index is 14.4. The van der Waals surface area contributed by atoms with Crippen molar-refractivity contribution in [1.82, 2.24) is 0 Å². The summed E-state index contributed by atoms with van der Waals surface area (Å²) in [5.74, 6) is 2.48. The first-order chi connectivity index (χ1) is 7.59. The molecule has 0 amide bonds. The highest BCUT2D eigenvalue weighted by Gasteiger charge is 2.39. The van der Waals surface area contributed by atoms with Gasteiger partial charge in [-0.25, -0.2) is 4.39 Å². The van der Waals surface area contributed by atoms with Gasteiger partial charge >= 0.3 is 0 Å².